The molecule has 3 heterocycles. The molecule has 190 valence electrons. The average Bonchev–Trinajstić information content (AvgIpc) is 3.35. The number of nitrogens with zero attached hydrogens (tertiary/aromatic N) is 4. The predicted molar refractivity (Wildman–Crippen MR) is 142 cm³/mol. The lowest BCUT2D eigenvalue weighted by Crippen LogP contribution is -2.47. The quantitative estimate of drug-likeness (QED) is 0.521. The lowest BCUT2D eigenvalue weighted by molar-refractivity contribution is -0.134. The number of likely N-dealkylation sites (tertiary alicyclic amines) is 1. The normalized spacial score (nSPS) is 19.3. The molecular weight excluding hydrogens is 448 g/mol. The maximum Gasteiger partial charge on any atom is 0.260 e. The first-order valence-corrected chi connectivity index (χ1v) is 13.3. The summed E-state index contributed by atoms with van der Waals surface area (Å²) >= 11 is 0. The maximum atomic E-state index is 12.9. The minimum absolute atomic E-state index is 0.0655. The predicted octanol–water partition coefficient (Wildman–Crippen LogP) is 5.03. The number of ether oxygens (including phenoxy) is 1. The number of amides is 1. The van der Waals surface area contributed by atoms with Crippen molar-refractivity contribution in [1.29, 1.82) is 0 Å². The summed E-state index contributed by atoms with van der Waals surface area (Å²) < 4.78 is 7.90. The first-order valence-electron chi connectivity index (χ1n) is 13.3. The van der Waals surface area contributed by atoms with Crippen molar-refractivity contribution < 1.29 is 9.53 Å². The summed E-state index contributed by atoms with van der Waals surface area (Å²) in [7, 11) is 1.94. The summed E-state index contributed by atoms with van der Waals surface area (Å²) in [4.78, 5) is 17.3. The van der Waals surface area contributed by atoms with E-state index in [1.807, 2.05) is 35.0 Å². The Kier molecular flexibility index (Phi) is 7.42. The smallest absolute Gasteiger partial charge is 0.260 e. The molecule has 5 rings (SSSR count). The van der Waals surface area contributed by atoms with Gasteiger partial charge in [-0.25, -0.2) is 4.68 Å². The van der Waals surface area contributed by atoms with Gasteiger partial charge in [0.25, 0.3) is 5.91 Å². The van der Waals surface area contributed by atoms with Crippen molar-refractivity contribution in [3.8, 4) is 11.4 Å². The molecule has 0 saturated carbocycles. The van der Waals surface area contributed by atoms with Gasteiger partial charge in [-0.15, -0.1) is 0 Å². The van der Waals surface area contributed by atoms with E-state index >= 15 is 0 Å². The van der Waals surface area contributed by atoms with Crippen molar-refractivity contribution in [2.75, 3.05) is 33.3 Å². The number of fused-ring (bicyclic) bond motifs is 1. The number of benzene rings is 2. The Bertz CT molecular complexity index is 1160. The van der Waals surface area contributed by atoms with E-state index in [9.17, 15) is 4.79 Å². The zero-order valence-electron chi connectivity index (χ0n) is 21.7. The van der Waals surface area contributed by atoms with Crippen LogP contribution in [0.5, 0.6) is 5.75 Å². The van der Waals surface area contributed by atoms with Crippen LogP contribution in [0.2, 0.25) is 0 Å². The van der Waals surface area contributed by atoms with Crippen molar-refractivity contribution in [2.24, 2.45) is 5.41 Å². The molecule has 1 saturated heterocycles. The number of rotatable bonds is 3. The first-order chi connectivity index (χ1) is 17.5. The number of piperidine rings is 1. The van der Waals surface area contributed by atoms with Crippen molar-refractivity contribution >= 4 is 5.91 Å². The summed E-state index contributed by atoms with van der Waals surface area (Å²) in [5.74, 6) is 0.921. The van der Waals surface area contributed by atoms with Gasteiger partial charge in [-0.1, -0.05) is 42.3 Å². The number of carbonyl (C=O) groups excluding carboxylic acids is 1. The van der Waals surface area contributed by atoms with Gasteiger partial charge < -0.3 is 9.64 Å². The van der Waals surface area contributed by atoms with Crippen LogP contribution in [-0.2, 0) is 17.8 Å². The molecule has 3 aromatic rings. The third kappa shape index (κ3) is 5.81. The zero-order valence-corrected chi connectivity index (χ0v) is 21.7. The van der Waals surface area contributed by atoms with Crippen LogP contribution in [-0.4, -0.2) is 58.8 Å². The molecule has 0 radical (unpaired) electrons. The van der Waals surface area contributed by atoms with Gasteiger partial charge >= 0.3 is 0 Å². The summed E-state index contributed by atoms with van der Waals surface area (Å²) in [6.07, 6.45) is 10.9. The number of carbonyl (C=O) groups is 1. The monoisotopic (exact) mass is 486 g/mol. The molecule has 0 aliphatic carbocycles. The molecular formula is C30H38N4O2. The SMILES string of the molecule is Cc1ccc(-n2cc(CN3CCC4(CCCCc5ccccc5OCC(=O)N(C)C4)CC3)cn2)cc1. The van der Waals surface area contributed by atoms with E-state index in [4.69, 9.17) is 4.74 Å². The zero-order chi connectivity index (χ0) is 25.0. The van der Waals surface area contributed by atoms with Crippen LogP contribution in [0.25, 0.3) is 5.69 Å². The van der Waals surface area contributed by atoms with Gasteiger partial charge in [0.2, 0.25) is 0 Å². The Balaban J connectivity index is 1.21. The fraction of sp³-hybridized carbons (Fsp3) is 0.467. The second-order valence-electron chi connectivity index (χ2n) is 10.8. The summed E-state index contributed by atoms with van der Waals surface area (Å²) in [5.41, 5.74) is 4.99. The molecule has 36 heavy (non-hydrogen) atoms. The second kappa shape index (κ2) is 10.9. The van der Waals surface area contributed by atoms with Crippen molar-refractivity contribution in [3.05, 3.63) is 77.6 Å². The highest BCUT2D eigenvalue weighted by molar-refractivity contribution is 5.77. The van der Waals surface area contributed by atoms with E-state index in [0.717, 1.165) is 63.3 Å². The molecule has 0 bridgehead atoms. The van der Waals surface area contributed by atoms with Crippen LogP contribution in [0.3, 0.4) is 0 Å². The van der Waals surface area contributed by atoms with Crippen LogP contribution < -0.4 is 4.74 Å². The van der Waals surface area contributed by atoms with Crippen molar-refractivity contribution in [2.45, 2.75) is 52.0 Å². The van der Waals surface area contributed by atoms with E-state index in [1.54, 1.807) is 0 Å². The summed E-state index contributed by atoms with van der Waals surface area (Å²) in [6.45, 7) is 6.05. The van der Waals surface area contributed by atoms with E-state index < -0.39 is 0 Å². The maximum absolute atomic E-state index is 12.9. The van der Waals surface area contributed by atoms with Gasteiger partial charge in [0, 0.05) is 31.9 Å². The Morgan fingerprint density at radius 2 is 1.78 bits per heavy atom. The van der Waals surface area contributed by atoms with Crippen LogP contribution >= 0.6 is 0 Å². The molecule has 6 nitrogen and oxygen atoms in total. The minimum Gasteiger partial charge on any atom is -0.483 e. The third-order valence-electron chi connectivity index (χ3n) is 7.98. The van der Waals surface area contributed by atoms with Crippen LogP contribution in [0.1, 0.15) is 48.8 Å². The molecule has 2 aromatic carbocycles. The highest BCUT2D eigenvalue weighted by Crippen LogP contribution is 2.38. The second-order valence-corrected chi connectivity index (χ2v) is 10.8. The molecule has 1 amide bonds. The Morgan fingerprint density at radius 3 is 2.58 bits per heavy atom. The molecule has 0 atom stereocenters. The van der Waals surface area contributed by atoms with Crippen LogP contribution in [0.4, 0.5) is 0 Å². The molecule has 0 N–H and O–H groups in total. The van der Waals surface area contributed by atoms with Crippen LogP contribution in [0, 0.1) is 12.3 Å². The van der Waals surface area contributed by atoms with Gasteiger partial charge in [-0.2, -0.15) is 5.10 Å². The standard InChI is InChI=1S/C30H38N4O2/c1-24-10-12-27(13-11-24)34-21-25(19-31-34)20-33-17-15-30(16-18-33)14-6-5-8-26-7-3-4-9-28(26)36-22-29(35)32(2)23-30/h3-4,7,9-13,19,21H,5-6,8,14-18,20,22-23H2,1-2H3. The molecule has 0 unspecified atom stereocenters. The molecule has 2 aliphatic rings. The average molecular weight is 487 g/mol. The van der Waals surface area contributed by atoms with Gasteiger partial charge in [-0.05, 0) is 81.3 Å². The fourth-order valence-electron chi connectivity index (χ4n) is 5.72. The van der Waals surface area contributed by atoms with Gasteiger partial charge in [-0.3, -0.25) is 9.69 Å². The Hall–Kier alpha value is -3.12. The minimum atomic E-state index is 0.0655. The molecule has 1 aromatic heterocycles. The Morgan fingerprint density at radius 1 is 1.00 bits per heavy atom. The molecule has 1 spiro atoms. The first kappa shape index (κ1) is 24.6. The van der Waals surface area contributed by atoms with E-state index in [1.165, 1.54) is 29.5 Å². The third-order valence-corrected chi connectivity index (χ3v) is 7.98. The lowest BCUT2D eigenvalue weighted by Gasteiger charge is -2.44. The van der Waals surface area contributed by atoms with E-state index in [0.29, 0.717) is 0 Å². The van der Waals surface area contributed by atoms with Crippen LogP contribution in [0.15, 0.2) is 60.9 Å². The highest BCUT2D eigenvalue weighted by Gasteiger charge is 2.36. The van der Waals surface area contributed by atoms with Crippen molar-refractivity contribution in [1.82, 2.24) is 19.6 Å². The van der Waals surface area contributed by atoms with Gasteiger partial charge in [0.1, 0.15) is 5.75 Å². The number of likely N-dealkylation sites (N-methyl/N-ethyl adjacent to an activating group) is 1. The Labute approximate surface area is 214 Å². The summed E-state index contributed by atoms with van der Waals surface area (Å²) in [6, 6.07) is 16.6. The topological polar surface area (TPSA) is 50.6 Å². The number of hydrogen-bond acceptors (Lipinski definition) is 4. The van der Waals surface area contributed by atoms with Gasteiger partial charge in [0.15, 0.2) is 6.61 Å². The van der Waals surface area contributed by atoms with E-state index in [-0.39, 0.29) is 17.9 Å². The molecule has 6 heteroatoms. The van der Waals surface area contributed by atoms with Crippen molar-refractivity contribution in [3.63, 3.8) is 0 Å². The summed E-state index contributed by atoms with van der Waals surface area (Å²) in [5, 5.41) is 4.59. The fourth-order valence-corrected chi connectivity index (χ4v) is 5.72. The lowest BCUT2D eigenvalue weighted by atomic mass is 9.73. The highest BCUT2D eigenvalue weighted by atomic mass is 16.5. The van der Waals surface area contributed by atoms with E-state index in [2.05, 4.69) is 59.5 Å². The number of para-hydroxylation sites is 1. The number of hydrogen-bond donors (Lipinski definition) is 0. The largest absolute Gasteiger partial charge is 0.483 e. The number of aryl methyl sites for hydroxylation is 2. The number of aromatic nitrogens is 2. The molecule has 1 fully saturated rings. The van der Waals surface area contributed by atoms with Gasteiger partial charge in [0.05, 0.1) is 11.9 Å². The molecule has 2 aliphatic heterocycles.